The number of nitrogens with zero attached hydrogens (tertiary/aromatic N) is 1. The maximum absolute atomic E-state index is 12.3. The van der Waals surface area contributed by atoms with Gasteiger partial charge in [-0.15, -0.1) is 0 Å². The molecule has 2 heteroatoms. The van der Waals surface area contributed by atoms with Crippen molar-refractivity contribution in [1.29, 1.82) is 0 Å². The molecule has 0 bridgehead atoms. The summed E-state index contributed by atoms with van der Waals surface area (Å²) in [5, 5.41) is 0. The molecule has 3 fully saturated rings. The Kier molecular flexibility index (Phi) is 2.31. The van der Waals surface area contributed by atoms with Crippen molar-refractivity contribution in [1.82, 2.24) is 4.90 Å². The molecule has 0 aromatic carbocycles. The normalized spacial score (nSPS) is 40.6. The fourth-order valence-corrected chi connectivity index (χ4v) is 3.51. The molecule has 0 radical (unpaired) electrons. The van der Waals surface area contributed by atoms with E-state index in [9.17, 15) is 4.79 Å². The summed E-state index contributed by atoms with van der Waals surface area (Å²) in [5.74, 6) is 2.72. The maximum Gasteiger partial charge on any atom is 0.225 e. The van der Waals surface area contributed by atoms with E-state index in [2.05, 4.69) is 18.7 Å². The number of likely N-dealkylation sites (tertiary alicyclic amines) is 1. The van der Waals surface area contributed by atoms with Gasteiger partial charge in [-0.1, -0.05) is 13.8 Å². The van der Waals surface area contributed by atoms with Gasteiger partial charge in [-0.2, -0.15) is 0 Å². The molecule has 3 rings (SSSR count). The molecule has 0 spiro atoms. The first-order valence-corrected chi connectivity index (χ1v) is 6.84. The molecule has 2 aliphatic carbocycles. The van der Waals surface area contributed by atoms with Crippen LogP contribution in [0.2, 0.25) is 0 Å². The van der Waals surface area contributed by atoms with Crippen LogP contribution in [-0.2, 0) is 4.79 Å². The molecule has 0 N–H and O–H groups in total. The van der Waals surface area contributed by atoms with Gasteiger partial charge in [-0.25, -0.2) is 0 Å². The fourth-order valence-electron chi connectivity index (χ4n) is 3.51. The predicted octanol–water partition coefficient (Wildman–Crippen LogP) is 2.68. The van der Waals surface area contributed by atoms with Crippen molar-refractivity contribution in [2.75, 3.05) is 13.1 Å². The minimum atomic E-state index is 0.393. The number of hydrogen-bond acceptors (Lipinski definition) is 1. The zero-order chi connectivity index (χ0) is 11.3. The Morgan fingerprint density at radius 3 is 2.19 bits per heavy atom. The maximum atomic E-state index is 12.3. The van der Waals surface area contributed by atoms with Crippen LogP contribution in [0.15, 0.2) is 0 Å². The number of hydrogen-bond donors (Lipinski definition) is 0. The Bertz CT molecular complexity index is 290. The molecule has 1 saturated heterocycles. The van der Waals surface area contributed by atoms with E-state index in [1.54, 1.807) is 0 Å². The summed E-state index contributed by atoms with van der Waals surface area (Å²) in [7, 11) is 0. The van der Waals surface area contributed by atoms with Crippen molar-refractivity contribution < 1.29 is 4.79 Å². The van der Waals surface area contributed by atoms with Crippen LogP contribution in [0.25, 0.3) is 0 Å². The molecule has 1 amide bonds. The highest BCUT2D eigenvalue weighted by molar-refractivity contribution is 5.79. The lowest BCUT2D eigenvalue weighted by atomic mass is 9.82. The molecule has 16 heavy (non-hydrogen) atoms. The summed E-state index contributed by atoms with van der Waals surface area (Å²) >= 11 is 0. The van der Waals surface area contributed by atoms with Gasteiger partial charge in [-0.05, 0) is 49.4 Å². The molecule has 3 aliphatic rings. The summed E-state index contributed by atoms with van der Waals surface area (Å²) in [5.41, 5.74) is 0.453. The third kappa shape index (κ3) is 1.87. The third-order valence-electron chi connectivity index (χ3n) is 5.02. The van der Waals surface area contributed by atoms with Crippen molar-refractivity contribution in [2.24, 2.45) is 23.2 Å². The van der Waals surface area contributed by atoms with Gasteiger partial charge in [0.05, 0.1) is 0 Å². The van der Waals surface area contributed by atoms with Crippen LogP contribution in [0.3, 0.4) is 0 Å². The van der Waals surface area contributed by atoms with Gasteiger partial charge in [0.25, 0.3) is 0 Å². The van der Waals surface area contributed by atoms with E-state index in [0.29, 0.717) is 17.2 Å². The van der Waals surface area contributed by atoms with E-state index in [1.807, 2.05) is 0 Å². The minimum absolute atomic E-state index is 0.393. The minimum Gasteiger partial charge on any atom is -0.342 e. The molecule has 0 aromatic heterocycles. The van der Waals surface area contributed by atoms with Gasteiger partial charge in [0.2, 0.25) is 5.91 Å². The molecular formula is C14H23NO. The summed E-state index contributed by atoms with van der Waals surface area (Å²) in [6, 6.07) is 0. The molecule has 1 heterocycles. The SMILES string of the molecule is CC1(C)CCN(C(=O)C2CC3CC3C2)CC1. The zero-order valence-corrected chi connectivity index (χ0v) is 10.5. The number of amides is 1. The Hall–Kier alpha value is -0.530. The average molecular weight is 221 g/mol. The third-order valence-corrected chi connectivity index (χ3v) is 5.02. The topological polar surface area (TPSA) is 20.3 Å². The summed E-state index contributed by atoms with van der Waals surface area (Å²) in [4.78, 5) is 14.4. The lowest BCUT2D eigenvalue weighted by Gasteiger charge is -2.38. The first-order chi connectivity index (χ1) is 7.55. The second-order valence-corrected chi connectivity index (χ2v) is 6.91. The van der Waals surface area contributed by atoms with Gasteiger partial charge >= 0.3 is 0 Å². The summed E-state index contributed by atoms with van der Waals surface area (Å²) in [6.45, 7) is 6.63. The highest BCUT2D eigenvalue weighted by atomic mass is 16.2. The molecular weight excluding hydrogens is 198 g/mol. The van der Waals surface area contributed by atoms with E-state index in [1.165, 1.54) is 32.1 Å². The number of fused-ring (bicyclic) bond motifs is 1. The number of carbonyl (C=O) groups is 1. The van der Waals surface area contributed by atoms with Crippen LogP contribution in [-0.4, -0.2) is 23.9 Å². The van der Waals surface area contributed by atoms with Crippen molar-refractivity contribution in [3.8, 4) is 0 Å². The van der Waals surface area contributed by atoms with Crippen LogP contribution < -0.4 is 0 Å². The Labute approximate surface area is 98.4 Å². The average Bonchev–Trinajstić information content (AvgIpc) is 2.85. The van der Waals surface area contributed by atoms with E-state index < -0.39 is 0 Å². The highest BCUT2D eigenvalue weighted by Crippen LogP contribution is 2.54. The Morgan fingerprint density at radius 2 is 1.62 bits per heavy atom. The Morgan fingerprint density at radius 1 is 1.06 bits per heavy atom. The lowest BCUT2D eigenvalue weighted by Crippen LogP contribution is -2.43. The van der Waals surface area contributed by atoms with E-state index >= 15 is 0 Å². The van der Waals surface area contributed by atoms with Crippen LogP contribution in [0, 0.1) is 23.2 Å². The van der Waals surface area contributed by atoms with Gasteiger partial charge in [0, 0.05) is 19.0 Å². The van der Waals surface area contributed by atoms with Gasteiger partial charge in [-0.3, -0.25) is 4.79 Å². The molecule has 2 unspecified atom stereocenters. The largest absolute Gasteiger partial charge is 0.342 e. The van der Waals surface area contributed by atoms with Gasteiger partial charge < -0.3 is 4.90 Å². The highest BCUT2D eigenvalue weighted by Gasteiger charge is 2.49. The molecule has 0 aromatic rings. The second-order valence-electron chi connectivity index (χ2n) is 6.91. The van der Waals surface area contributed by atoms with Crippen molar-refractivity contribution in [3.63, 3.8) is 0 Å². The van der Waals surface area contributed by atoms with Gasteiger partial charge in [0.15, 0.2) is 0 Å². The van der Waals surface area contributed by atoms with Crippen LogP contribution in [0.4, 0.5) is 0 Å². The fraction of sp³-hybridized carbons (Fsp3) is 0.929. The number of rotatable bonds is 1. The lowest BCUT2D eigenvalue weighted by molar-refractivity contribution is -0.137. The van der Waals surface area contributed by atoms with E-state index in [0.717, 1.165) is 24.9 Å². The van der Waals surface area contributed by atoms with Crippen LogP contribution >= 0.6 is 0 Å². The first-order valence-electron chi connectivity index (χ1n) is 6.84. The van der Waals surface area contributed by atoms with Gasteiger partial charge in [0.1, 0.15) is 0 Å². The van der Waals surface area contributed by atoms with Crippen LogP contribution in [0.1, 0.15) is 46.0 Å². The number of carbonyl (C=O) groups excluding carboxylic acids is 1. The second kappa shape index (κ2) is 3.48. The Balaban J connectivity index is 1.55. The summed E-state index contributed by atoms with van der Waals surface area (Å²) < 4.78 is 0. The summed E-state index contributed by atoms with van der Waals surface area (Å²) in [6.07, 6.45) is 6.17. The first kappa shape index (κ1) is 10.6. The van der Waals surface area contributed by atoms with E-state index in [4.69, 9.17) is 0 Å². The standard InChI is InChI=1S/C14H23NO/c1-14(2)3-5-15(6-4-14)13(16)12-8-10-7-11(10)9-12/h10-12H,3-9H2,1-2H3. The molecule has 2 nitrogen and oxygen atoms in total. The van der Waals surface area contributed by atoms with Crippen molar-refractivity contribution in [3.05, 3.63) is 0 Å². The quantitative estimate of drug-likeness (QED) is 0.666. The van der Waals surface area contributed by atoms with Crippen LogP contribution in [0.5, 0.6) is 0 Å². The smallest absolute Gasteiger partial charge is 0.225 e. The predicted molar refractivity (Wildman–Crippen MR) is 63.9 cm³/mol. The molecule has 2 saturated carbocycles. The molecule has 90 valence electrons. The van der Waals surface area contributed by atoms with E-state index in [-0.39, 0.29) is 0 Å². The monoisotopic (exact) mass is 221 g/mol. The van der Waals surface area contributed by atoms with Crippen molar-refractivity contribution >= 4 is 5.91 Å². The molecule has 2 atom stereocenters. The van der Waals surface area contributed by atoms with Crippen molar-refractivity contribution in [2.45, 2.75) is 46.0 Å². The molecule has 1 aliphatic heterocycles. The number of piperidine rings is 1. The zero-order valence-electron chi connectivity index (χ0n) is 10.5.